The van der Waals surface area contributed by atoms with Gasteiger partial charge in [-0.05, 0) is 43.3 Å². The standard InChI is InChI=1S/C19H21N5O2S/c1-13(18(25)23(2)15-7-5-4-6-8-15)27-19-22-21-17(24(19)20)14-9-11-16(26-3)12-10-14/h4-13H,20H2,1-3H3. The highest BCUT2D eigenvalue weighted by atomic mass is 32.2. The molecule has 1 amide bonds. The van der Waals surface area contributed by atoms with Gasteiger partial charge in [0.25, 0.3) is 0 Å². The van der Waals surface area contributed by atoms with Gasteiger partial charge in [0.1, 0.15) is 5.75 Å². The third-order valence-corrected chi connectivity index (χ3v) is 5.16. The average Bonchev–Trinajstić information content (AvgIpc) is 3.07. The van der Waals surface area contributed by atoms with E-state index in [1.54, 1.807) is 19.1 Å². The van der Waals surface area contributed by atoms with E-state index >= 15 is 0 Å². The number of nitrogens with zero attached hydrogens (tertiary/aromatic N) is 4. The molecule has 0 aliphatic heterocycles. The molecule has 3 aromatic rings. The predicted molar refractivity (Wildman–Crippen MR) is 107 cm³/mol. The number of nitrogen functional groups attached to an aromatic ring is 1. The van der Waals surface area contributed by atoms with E-state index < -0.39 is 0 Å². The number of methoxy groups -OCH3 is 1. The zero-order chi connectivity index (χ0) is 19.4. The van der Waals surface area contributed by atoms with Crippen molar-refractivity contribution in [3.05, 3.63) is 54.6 Å². The summed E-state index contributed by atoms with van der Waals surface area (Å²) in [6.45, 7) is 1.83. The van der Waals surface area contributed by atoms with Crippen LogP contribution in [-0.4, -0.2) is 40.2 Å². The van der Waals surface area contributed by atoms with Gasteiger partial charge in [0.05, 0.1) is 12.4 Å². The van der Waals surface area contributed by atoms with E-state index in [9.17, 15) is 4.79 Å². The van der Waals surface area contributed by atoms with Gasteiger partial charge < -0.3 is 15.5 Å². The first kappa shape index (κ1) is 18.8. The zero-order valence-corrected chi connectivity index (χ0v) is 16.2. The number of hydrogen-bond acceptors (Lipinski definition) is 6. The molecule has 0 saturated carbocycles. The number of carbonyl (C=O) groups is 1. The van der Waals surface area contributed by atoms with Crippen LogP contribution in [0.4, 0.5) is 5.69 Å². The molecule has 0 aliphatic carbocycles. The Morgan fingerprint density at radius 3 is 2.44 bits per heavy atom. The number of rotatable bonds is 6. The molecule has 3 rings (SSSR count). The molecular formula is C19H21N5O2S. The highest BCUT2D eigenvalue weighted by molar-refractivity contribution is 8.00. The lowest BCUT2D eigenvalue weighted by Gasteiger charge is -2.20. The Kier molecular flexibility index (Phi) is 5.66. The summed E-state index contributed by atoms with van der Waals surface area (Å²) in [7, 11) is 3.37. The second-order valence-electron chi connectivity index (χ2n) is 5.90. The number of amides is 1. The van der Waals surface area contributed by atoms with Gasteiger partial charge in [-0.3, -0.25) is 4.79 Å². The van der Waals surface area contributed by atoms with Crippen LogP contribution in [0, 0.1) is 0 Å². The Hall–Kier alpha value is -3.00. The number of ether oxygens (including phenoxy) is 1. The Bertz CT molecular complexity index is 912. The fraction of sp³-hybridized carbons (Fsp3) is 0.211. The van der Waals surface area contributed by atoms with E-state index in [1.807, 2.05) is 61.5 Å². The number of carbonyl (C=O) groups excluding carboxylic acids is 1. The third kappa shape index (κ3) is 4.06. The molecule has 2 N–H and O–H groups in total. The second-order valence-corrected chi connectivity index (χ2v) is 7.21. The molecule has 27 heavy (non-hydrogen) atoms. The summed E-state index contributed by atoms with van der Waals surface area (Å²) >= 11 is 1.27. The highest BCUT2D eigenvalue weighted by Gasteiger charge is 2.23. The Labute approximate surface area is 162 Å². The van der Waals surface area contributed by atoms with Crippen LogP contribution in [0.5, 0.6) is 5.75 Å². The summed E-state index contributed by atoms with van der Waals surface area (Å²) in [5, 5.41) is 8.40. The highest BCUT2D eigenvalue weighted by Crippen LogP contribution is 2.27. The van der Waals surface area contributed by atoms with Gasteiger partial charge in [-0.1, -0.05) is 30.0 Å². The summed E-state index contributed by atoms with van der Waals surface area (Å²) in [4.78, 5) is 14.3. The van der Waals surface area contributed by atoms with Gasteiger partial charge in [-0.25, -0.2) is 4.68 Å². The molecule has 7 nitrogen and oxygen atoms in total. The third-order valence-electron chi connectivity index (χ3n) is 4.12. The van der Waals surface area contributed by atoms with Crippen molar-refractivity contribution in [3.8, 4) is 17.1 Å². The van der Waals surface area contributed by atoms with E-state index in [4.69, 9.17) is 10.6 Å². The molecule has 0 fully saturated rings. The maximum atomic E-state index is 12.7. The molecule has 1 aromatic heterocycles. The minimum absolute atomic E-state index is 0.0415. The molecule has 1 unspecified atom stereocenters. The summed E-state index contributed by atoms with van der Waals surface area (Å²) < 4.78 is 6.56. The van der Waals surface area contributed by atoms with Crippen molar-refractivity contribution >= 4 is 23.4 Å². The lowest BCUT2D eigenvalue weighted by atomic mass is 10.2. The largest absolute Gasteiger partial charge is 0.497 e. The molecule has 0 aliphatic rings. The number of benzene rings is 2. The SMILES string of the molecule is COc1ccc(-c2nnc(SC(C)C(=O)N(C)c3ccccc3)n2N)cc1. The van der Waals surface area contributed by atoms with Gasteiger partial charge in [-0.15, -0.1) is 10.2 Å². The Morgan fingerprint density at radius 2 is 1.81 bits per heavy atom. The van der Waals surface area contributed by atoms with Gasteiger partial charge in [0.2, 0.25) is 11.1 Å². The van der Waals surface area contributed by atoms with Crippen molar-refractivity contribution in [2.24, 2.45) is 0 Å². The predicted octanol–water partition coefficient (Wildman–Crippen LogP) is 2.81. The van der Waals surface area contributed by atoms with Crippen molar-refractivity contribution in [2.75, 3.05) is 24.9 Å². The molecule has 0 saturated heterocycles. The average molecular weight is 383 g/mol. The molecular weight excluding hydrogens is 362 g/mol. The minimum Gasteiger partial charge on any atom is -0.497 e. The maximum absolute atomic E-state index is 12.7. The monoisotopic (exact) mass is 383 g/mol. The lowest BCUT2D eigenvalue weighted by molar-refractivity contribution is -0.117. The molecule has 0 bridgehead atoms. The fourth-order valence-electron chi connectivity index (χ4n) is 2.55. The molecule has 8 heteroatoms. The normalized spacial score (nSPS) is 11.8. The molecule has 0 radical (unpaired) electrons. The first-order valence-corrected chi connectivity index (χ1v) is 9.23. The van der Waals surface area contributed by atoms with E-state index in [0.717, 1.165) is 17.0 Å². The number of thioether (sulfide) groups is 1. The van der Waals surface area contributed by atoms with Crippen LogP contribution in [0.25, 0.3) is 11.4 Å². The van der Waals surface area contributed by atoms with Crippen molar-refractivity contribution in [3.63, 3.8) is 0 Å². The zero-order valence-electron chi connectivity index (χ0n) is 15.4. The maximum Gasteiger partial charge on any atom is 0.240 e. The molecule has 1 atom stereocenters. The van der Waals surface area contributed by atoms with E-state index in [0.29, 0.717) is 11.0 Å². The van der Waals surface area contributed by atoms with Crippen LogP contribution in [0.1, 0.15) is 6.92 Å². The van der Waals surface area contributed by atoms with Gasteiger partial charge in [-0.2, -0.15) is 0 Å². The second kappa shape index (κ2) is 8.13. The number of hydrogen-bond donors (Lipinski definition) is 1. The number of para-hydroxylation sites is 1. The van der Waals surface area contributed by atoms with Crippen LogP contribution in [0.2, 0.25) is 0 Å². The smallest absolute Gasteiger partial charge is 0.240 e. The van der Waals surface area contributed by atoms with Crippen molar-refractivity contribution < 1.29 is 9.53 Å². The van der Waals surface area contributed by atoms with E-state index in [-0.39, 0.29) is 11.2 Å². The summed E-state index contributed by atoms with van der Waals surface area (Å²) in [6, 6.07) is 16.9. The Balaban J connectivity index is 1.74. The van der Waals surface area contributed by atoms with Crippen LogP contribution >= 0.6 is 11.8 Å². The number of nitrogens with two attached hydrogens (primary N) is 1. The van der Waals surface area contributed by atoms with Crippen LogP contribution in [0.15, 0.2) is 59.8 Å². The summed E-state index contributed by atoms with van der Waals surface area (Å²) in [5.74, 6) is 7.39. The fourth-order valence-corrected chi connectivity index (χ4v) is 3.42. The lowest BCUT2D eigenvalue weighted by Crippen LogP contribution is -2.33. The van der Waals surface area contributed by atoms with Crippen molar-refractivity contribution in [1.29, 1.82) is 0 Å². The summed E-state index contributed by atoms with van der Waals surface area (Å²) in [5.41, 5.74) is 1.65. The van der Waals surface area contributed by atoms with Crippen LogP contribution < -0.4 is 15.5 Å². The van der Waals surface area contributed by atoms with Crippen molar-refractivity contribution in [2.45, 2.75) is 17.3 Å². The molecule has 2 aromatic carbocycles. The van der Waals surface area contributed by atoms with E-state index in [1.165, 1.54) is 16.4 Å². The summed E-state index contributed by atoms with van der Waals surface area (Å²) in [6.07, 6.45) is 0. The topological polar surface area (TPSA) is 86.3 Å². The molecule has 0 spiro atoms. The molecule has 140 valence electrons. The molecule has 1 heterocycles. The van der Waals surface area contributed by atoms with Gasteiger partial charge >= 0.3 is 0 Å². The first-order chi connectivity index (χ1) is 13.0. The number of anilines is 1. The van der Waals surface area contributed by atoms with E-state index in [2.05, 4.69) is 10.2 Å². The van der Waals surface area contributed by atoms with Crippen molar-refractivity contribution in [1.82, 2.24) is 14.9 Å². The number of aromatic nitrogens is 3. The quantitative estimate of drug-likeness (QED) is 0.520. The first-order valence-electron chi connectivity index (χ1n) is 8.35. The van der Waals surface area contributed by atoms with Gasteiger partial charge in [0.15, 0.2) is 5.82 Å². The minimum atomic E-state index is -0.370. The van der Waals surface area contributed by atoms with Crippen LogP contribution in [0.3, 0.4) is 0 Å². The van der Waals surface area contributed by atoms with Gasteiger partial charge in [0, 0.05) is 18.3 Å². The van der Waals surface area contributed by atoms with Crippen LogP contribution in [-0.2, 0) is 4.79 Å². The Morgan fingerprint density at radius 1 is 1.15 bits per heavy atom.